The monoisotopic (exact) mass is 353 g/mol. The molecule has 6 nitrogen and oxygen atoms in total. The van der Waals surface area contributed by atoms with Gasteiger partial charge in [-0.25, -0.2) is 0 Å². The van der Waals surface area contributed by atoms with E-state index in [1.807, 2.05) is 39.6 Å². The second-order valence-corrected chi connectivity index (χ2v) is 7.48. The Hall–Kier alpha value is -2.63. The van der Waals surface area contributed by atoms with Crippen molar-refractivity contribution in [2.75, 3.05) is 19.6 Å². The molecule has 26 heavy (non-hydrogen) atoms. The number of piperidine rings is 1. The molecular formula is C20H23N3O3. The van der Waals surface area contributed by atoms with Gasteiger partial charge in [0, 0.05) is 51.2 Å². The van der Waals surface area contributed by atoms with Crippen molar-refractivity contribution in [3.63, 3.8) is 0 Å². The quantitative estimate of drug-likeness (QED) is 0.783. The number of hydrogen-bond donors (Lipinski definition) is 0. The Morgan fingerprint density at radius 3 is 2.62 bits per heavy atom. The topological polar surface area (TPSA) is 62.6 Å². The molecule has 2 amide bonds. The summed E-state index contributed by atoms with van der Waals surface area (Å²) in [7, 11) is 1.85. The van der Waals surface area contributed by atoms with Crippen LogP contribution in [0.15, 0.2) is 35.3 Å². The van der Waals surface area contributed by atoms with Gasteiger partial charge in [-0.1, -0.05) is 12.1 Å². The van der Waals surface area contributed by atoms with Gasteiger partial charge in [0.25, 0.3) is 5.91 Å². The van der Waals surface area contributed by atoms with Crippen molar-refractivity contribution in [3.8, 4) is 0 Å². The van der Waals surface area contributed by atoms with Crippen LogP contribution in [0.3, 0.4) is 0 Å². The van der Waals surface area contributed by atoms with Gasteiger partial charge < -0.3 is 14.4 Å². The summed E-state index contributed by atoms with van der Waals surface area (Å²) in [6.07, 6.45) is 3.55. The van der Waals surface area contributed by atoms with Gasteiger partial charge in [-0.05, 0) is 30.9 Å². The molecule has 1 aromatic carbocycles. The average molecular weight is 353 g/mol. The zero-order valence-corrected chi connectivity index (χ0v) is 15.1. The van der Waals surface area contributed by atoms with E-state index in [4.69, 9.17) is 0 Å². The van der Waals surface area contributed by atoms with Crippen LogP contribution in [-0.2, 0) is 11.8 Å². The molecular weight excluding hydrogens is 330 g/mol. The molecule has 5 rings (SSSR count). The number of fused-ring (bicyclic) bond motifs is 5. The minimum Gasteiger partial charge on any atom is -0.350 e. The summed E-state index contributed by atoms with van der Waals surface area (Å²) in [5.41, 5.74) is 0.814. The SMILES string of the molecule is CC(=O)N1C[C@@H]2CC[C@H](C1)N(C(=O)c1cn(C)c3ccccc3c1=O)C2. The van der Waals surface area contributed by atoms with Crippen LogP contribution in [0.2, 0.25) is 0 Å². The maximum Gasteiger partial charge on any atom is 0.259 e. The lowest BCUT2D eigenvalue weighted by molar-refractivity contribution is -0.129. The highest BCUT2D eigenvalue weighted by Gasteiger charge is 2.38. The molecule has 0 aliphatic carbocycles. The summed E-state index contributed by atoms with van der Waals surface area (Å²) in [5, 5.41) is 0.561. The van der Waals surface area contributed by atoms with E-state index in [1.165, 1.54) is 0 Å². The van der Waals surface area contributed by atoms with E-state index >= 15 is 0 Å². The van der Waals surface area contributed by atoms with Crippen LogP contribution in [0.4, 0.5) is 0 Å². The number of para-hydroxylation sites is 1. The molecule has 2 aromatic rings. The number of carbonyl (C=O) groups excluding carboxylic acids is 2. The van der Waals surface area contributed by atoms with Crippen molar-refractivity contribution in [3.05, 3.63) is 46.2 Å². The summed E-state index contributed by atoms with van der Waals surface area (Å²) in [6.45, 7) is 3.45. The molecule has 2 bridgehead atoms. The minimum absolute atomic E-state index is 0.0127. The molecule has 0 unspecified atom stereocenters. The van der Waals surface area contributed by atoms with E-state index < -0.39 is 0 Å². The van der Waals surface area contributed by atoms with E-state index in [2.05, 4.69) is 0 Å². The first-order valence-electron chi connectivity index (χ1n) is 9.10. The van der Waals surface area contributed by atoms with Gasteiger partial charge in [-0.2, -0.15) is 0 Å². The van der Waals surface area contributed by atoms with Crippen molar-refractivity contribution in [1.82, 2.24) is 14.4 Å². The van der Waals surface area contributed by atoms with Gasteiger partial charge >= 0.3 is 0 Å². The van der Waals surface area contributed by atoms with Crippen LogP contribution in [0, 0.1) is 5.92 Å². The summed E-state index contributed by atoms with van der Waals surface area (Å²) in [5.74, 6) is 0.125. The third kappa shape index (κ3) is 2.69. The van der Waals surface area contributed by atoms with Gasteiger partial charge in [0.05, 0.1) is 5.52 Å². The number of hydrogen-bond acceptors (Lipinski definition) is 3. The maximum atomic E-state index is 13.2. The van der Waals surface area contributed by atoms with E-state index in [0.29, 0.717) is 25.0 Å². The lowest BCUT2D eigenvalue weighted by Crippen LogP contribution is -2.48. The number of benzene rings is 1. The fourth-order valence-electron chi connectivity index (χ4n) is 4.33. The second-order valence-electron chi connectivity index (χ2n) is 7.48. The zero-order chi connectivity index (χ0) is 18.4. The number of nitrogens with zero attached hydrogens (tertiary/aromatic N) is 3. The van der Waals surface area contributed by atoms with Gasteiger partial charge in [0.15, 0.2) is 0 Å². The Bertz CT molecular complexity index is 949. The molecule has 3 saturated heterocycles. The molecule has 136 valence electrons. The normalized spacial score (nSPS) is 22.5. The lowest BCUT2D eigenvalue weighted by Gasteiger charge is -2.36. The van der Waals surface area contributed by atoms with E-state index in [1.54, 1.807) is 19.2 Å². The molecule has 1 aromatic heterocycles. The van der Waals surface area contributed by atoms with Gasteiger partial charge in [-0.15, -0.1) is 0 Å². The van der Waals surface area contributed by atoms with Crippen LogP contribution in [0.5, 0.6) is 0 Å². The summed E-state index contributed by atoms with van der Waals surface area (Å²) in [4.78, 5) is 41.6. The van der Waals surface area contributed by atoms with Crippen molar-refractivity contribution in [1.29, 1.82) is 0 Å². The number of aryl methyl sites for hydroxylation is 1. The molecule has 4 heterocycles. The summed E-state index contributed by atoms with van der Waals surface area (Å²) >= 11 is 0. The van der Waals surface area contributed by atoms with Crippen molar-refractivity contribution >= 4 is 22.7 Å². The van der Waals surface area contributed by atoms with Crippen LogP contribution in [0.1, 0.15) is 30.1 Å². The predicted molar refractivity (Wildman–Crippen MR) is 99.0 cm³/mol. The number of rotatable bonds is 1. The third-order valence-corrected chi connectivity index (χ3v) is 5.75. The van der Waals surface area contributed by atoms with Crippen LogP contribution in [0.25, 0.3) is 10.9 Å². The number of amides is 2. The molecule has 0 saturated carbocycles. The third-order valence-electron chi connectivity index (χ3n) is 5.75. The first-order chi connectivity index (χ1) is 12.5. The molecule has 6 heteroatoms. The number of aromatic nitrogens is 1. The van der Waals surface area contributed by atoms with E-state index in [-0.39, 0.29) is 34.8 Å². The van der Waals surface area contributed by atoms with E-state index in [0.717, 1.165) is 18.4 Å². The summed E-state index contributed by atoms with van der Waals surface area (Å²) < 4.78 is 1.84. The Labute approximate surface area is 152 Å². The molecule has 0 radical (unpaired) electrons. The molecule has 3 fully saturated rings. The van der Waals surface area contributed by atoms with Crippen molar-refractivity contribution < 1.29 is 9.59 Å². The molecule has 3 aliphatic rings. The van der Waals surface area contributed by atoms with Crippen LogP contribution < -0.4 is 5.43 Å². The Balaban J connectivity index is 1.72. The highest BCUT2D eigenvalue weighted by molar-refractivity contribution is 5.97. The standard InChI is InChI=1S/C20H23N3O3/c1-13(24)22-9-14-7-8-15(11-22)23(10-14)20(26)17-12-21(2)18-6-4-3-5-16(18)19(17)25/h3-6,12,14-15H,7-11H2,1-2H3/t14-,15+/m0/s1. The number of pyridine rings is 1. The zero-order valence-electron chi connectivity index (χ0n) is 15.1. The van der Waals surface area contributed by atoms with Gasteiger partial charge in [0.2, 0.25) is 11.3 Å². The molecule has 0 spiro atoms. The lowest BCUT2D eigenvalue weighted by atomic mass is 9.94. The Morgan fingerprint density at radius 2 is 1.85 bits per heavy atom. The van der Waals surface area contributed by atoms with Crippen molar-refractivity contribution in [2.45, 2.75) is 25.8 Å². The molecule has 3 aliphatic heterocycles. The largest absolute Gasteiger partial charge is 0.350 e. The smallest absolute Gasteiger partial charge is 0.259 e. The summed E-state index contributed by atoms with van der Waals surface area (Å²) in [6, 6.07) is 7.33. The van der Waals surface area contributed by atoms with Gasteiger partial charge in [0.1, 0.15) is 5.56 Å². The highest BCUT2D eigenvalue weighted by Crippen LogP contribution is 2.29. The number of carbonyl (C=O) groups is 2. The highest BCUT2D eigenvalue weighted by atomic mass is 16.2. The fraction of sp³-hybridized carbons (Fsp3) is 0.450. The fourth-order valence-corrected chi connectivity index (χ4v) is 4.33. The predicted octanol–water partition coefficient (Wildman–Crippen LogP) is 1.62. The van der Waals surface area contributed by atoms with Crippen molar-refractivity contribution in [2.24, 2.45) is 13.0 Å². The molecule has 0 N–H and O–H groups in total. The molecule has 2 atom stereocenters. The maximum absolute atomic E-state index is 13.2. The van der Waals surface area contributed by atoms with Gasteiger partial charge in [-0.3, -0.25) is 14.4 Å². The Kier molecular flexibility index (Phi) is 4.05. The first-order valence-corrected chi connectivity index (χ1v) is 9.10. The van der Waals surface area contributed by atoms with Crippen LogP contribution in [-0.4, -0.2) is 51.9 Å². The average Bonchev–Trinajstić information content (AvgIpc) is 2.96. The van der Waals surface area contributed by atoms with Crippen LogP contribution >= 0.6 is 0 Å². The second kappa shape index (κ2) is 6.27. The minimum atomic E-state index is -0.216. The van der Waals surface area contributed by atoms with E-state index in [9.17, 15) is 14.4 Å². The Morgan fingerprint density at radius 1 is 1.08 bits per heavy atom. The first kappa shape index (κ1) is 16.8.